The van der Waals surface area contributed by atoms with Crippen molar-refractivity contribution in [3.8, 4) is 0 Å². The van der Waals surface area contributed by atoms with Crippen molar-refractivity contribution in [1.82, 2.24) is 0 Å². The quantitative estimate of drug-likeness (QED) is 0.462. The molecule has 1 saturated carbocycles. The number of allylic oxidation sites excluding steroid dienone is 2. The molecule has 0 N–H and O–H groups in total. The van der Waals surface area contributed by atoms with E-state index in [0.717, 1.165) is 11.8 Å². The molecule has 0 aliphatic heterocycles. The fraction of sp³-hybridized carbons (Fsp3) is 0.667. The first-order chi connectivity index (χ1) is 4.47. The van der Waals surface area contributed by atoms with Crippen molar-refractivity contribution in [3.05, 3.63) is 18.6 Å². The fourth-order valence-electron chi connectivity index (χ4n) is 2.09. The average molecular weight is 121 g/mol. The predicted molar refractivity (Wildman–Crippen MR) is 38.9 cm³/mol. The van der Waals surface area contributed by atoms with Gasteiger partial charge in [0.1, 0.15) is 0 Å². The van der Waals surface area contributed by atoms with E-state index >= 15 is 0 Å². The summed E-state index contributed by atoms with van der Waals surface area (Å²) in [4.78, 5) is 0. The molecule has 0 aromatic rings. The predicted octanol–water partition coefficient (Wildman–Crippen LogP) is 2.57. The molecule has 0 aromatic heterocycles. The molecular formula is C9H13. The molecule has 1 radical (unpaired) electrons. The summed E-state index contributed by atoms with van der Waals surface area (Å²) in [7, 11) is 0. The standard InChI is InChI=1S/C9H13/c1-2-5-9-7-3-6-8(9)4-1/h1-2,4,8-9H,3,5-7H2. The van der Waals surface area contributed by atoms with Gasteiger partial charge in [0.2, 0.25) is 0 Å². The summed E-state index contributed by atoms with van der Waals surface area (Å²) < 4.78 is 0. The van der Waals surface area contributed by atoms with Crippen LogP contribution in [0.2, 0.25) is 0 Å². The molecule has 2 rings (SSSR count). The number of hydrogen-bond donors (Lipinski definition) is 0. The molecule has 0 heteroatoms. The van der Waals surface area contributed by atoms with Crippen molar-refractivity contribution < 1.29 is 0 Å². The first-order valence-corrected chi connectivity index (χ1v) is 3.97. The van der Waals surface area contributed by atoms with Gasteiger partial charge in [-0.3, -0.25) is 0 Å². The Morgan fingerprint density at radius 3 is 3.11 bits per heavy atom. The molecule has 0 nitrogen and oxygen atoms in total. The lowest BCUT2D eigenvalue weighted by atomic mass is 9.86. The van der Waals surface area contributed by atoms with E-state index in [1.165, 1.54) is 25.7 Å². The van der Waals surface area contributed by atoms with E-state index in [-0.39, 0.29) is 0 Å². The summed E-state index contributed by atoms with van der Waals surface area (Å²) in [6.07, 6.45) is 12.7. The Morgan fingerprint density at radius 1 is 1.22 bits per heavy atom. The minimum absolute atomic E-state index is 0.954. The summed E-state index contributed by atoms with van der Waals surface area (Å²) in [6, 6.07) is 0. The van der Waals surface area contributed by atoms with E-state index in [2.05, 4.69) is 18.6 Å². The third kappa shape index (κ3) is 0.910. The van der Waals surface area contributed by atoms with Crippen molar-refractivity contribution >= 4 is 0 Å². The van der Waals surface area contributed by atoms with Crippen molar-refractivity contribution in [2.45, 2.75) is 25.7 Å². The monoisotopic (exact) mass is 121 g/mol. The second-order valence-corrected chi connectivity index (χ2v) is 3.21. The Labute approximate surface area is 57.0 Å². The van der Waals surface area contributed by atoms with Gasteiger partial charge >= 0.3 is 0 Å². The molecule has 0 saturated heterocycles. The van der Waals surface area contributed by atoms with Crippen LogP contribution >= 0.6 is 0 Å². The molecule has 2 atom stereocenters. The molecule has 0 amide bonds. The molecule has 2 aliphatic rings. The third-order valence-electron chi connectivity index (χ3n) is 2.65. The Balaban J connectivity index is 2.07. The van der Waals surface area contributed by atoms with Crippen molar-refractivity contribution in [1.29, 1.82) is 0 Å². The van der Waals surface area contributed by atoms with Gasteiger partial charge in [-0.1, -0.05) is 18.6 Å². The van der Waals surface area contributed by atoms with E-state index in [4.69, 9.17) is 0 Å². The Kier molecular flexibility index (Phi) is 1.33. The average Bonchev–Trinajstić information content (AvgIpc) is 2.33. The van der Waals surface area contributed by atoms with Crippen LogP contribution in [0.1, 0.15) is 25.7 Å². The highest BCUT2D eigenvalue weighted by atomic mass is 14.3. The van der Waals surface area contributed by atoms with Crippen LogP contribution in [-0.2, 0) is 0 Å². The number of rotatable bonds is 0. The van der Waals surface area contributed by atoms with Crippen LogP contribution in [-0.4, -0.2) is 0 Å². The zero-order chi connectivity index (χ0) is 6.10. The second-order valence-electron chi connectivity index (χ2n) is 3.21. The lowest BCUT2D eigenvalue weighted by Crippen LogP contribution is -2.09. The van der Waals surface area contributed by atoms with Crippen LogP contribution in [0.15, 0.2) is 12.2 Å². The maximum Gasteiger partial charge on any atom is -0.0137 e. The smallest absolute Gasteiger partial charge is 0.0137 e. The summed E-state index contributed by atoms with van der Waals surface area (Å²) in [5.74, 6) is 1.98. The van der Waals surface area contributed by atoms with Crippen molar-refractivity contribution in [3.63, 3.8) is 0 Å². The van der Waals surface area contributed by atoms with Gasteiger partial charge in [0, 0.05) is 0 Å². The third-order valence-corrected chi connectivity index (χ3v) is 2.65. The zero-order valence-corrected chi connectivity index (χ0v) is 5.72. The Bertz CT molecular complexity index is 110. The molecule has 49 valence electrons. The van der Waals surface area contributed by atoms with Gasteiger partial charge in [0.15, 0.2) is 0 Å². The highest BCUT2D eigenvalue weighted by Crippen LogP contribution is 2.38. The normalized spacial score (nSPS) is 40.9. The first kappa shape index (κ1) is 5.52. The molecule has 0 aromatic carbocycles. The van der Waals surface area contributed by atoms with Crippen molar-refractivity contribution in [2.24, 2.45) is 11.8 Å². The summed E-state index contributed by atoms with van der Waals surface area (Å²) in [5.41, 5.74) is 0. The van der Waals surface area contributed by atoms with Gasteiger partial charge in [-0.15, -0.1) is 0 Å². The van der Waals surface area contributed by atoms with Crippen LogP contribution in [0.3, 0.4) is 0 Å². The van der Waals surface area contributed by atoms with Crippen LogP contribution < -0.4 is 0 Å². The molecule has 0 spiro atoms. The van der Waals surface area contributed by atoms with Gasteiger partial charge in [-0.05, 0) is 37.5 Å². The minimum atomic E-state index is 0.954. The van der Waals surface area contributed by atoms with Gasteiger partial charge in [0.05, 0.1) is 0 Å². The molecule has 9 heavy (non-hydrogen) atoms. The first-order valence-electron chi connectivity index (χ1n) is 3.97. The maximum atomic E-state index is 2.39. The molecule has 0 bridgehead atoms. The lowest BCUT2D eigenvalue weighted by Gasteiger charge is -2.19. The fourth-order valence-corrected chi connectivity index (χ4v) is 2.09. The number of fused-ring (bicyclic) bond motifs is 1. The Morgan fingerprint density at radius 2 is 2.22 bits per heavy atom. The van der Waals surface area contributed by atoms with Gasteiger partial charge in [-0.25, -0.2) is 0 Å². The molecular weight excluding hydrogens is 108 g/mol. The highest BCUT2D eigenvalue weighted by Gasteiger charge is 2.26. The van der Waals surface area contributed by atoms with Crippen LogP contribution in [0.25, 0.3) is 0 Å². The molecule has 2 aliphatic carbocycles. The summed E-state index contributed by atoms with van der Waals surface area (Å²) in [5, 5.41) is 0. The summed E-state index contributed by atoms with van der Waals surface area (Å²) in [6.45, 7) is 0. The van der Waals surface area contributed by atoms with E-state index in [1.807, 2.05) is 0 Å². The van der Waals surface area contributed by atoms with Crippen LogP contribution in [0, 0.1) is 18.3 Å². The molecule has 0 heterocycles. The molecule has 2 unspecified atom stereocenters. The van der Waals surface area contributed by atoms with Gasteiger partial charge in [0.25, 0.3) is 0 Å². The zero-order valence-electron chi connectivity index (χ0n) is 5.72. The largest absolute Gasteiger partial charge is 0.0879 e. The Hall–Kier alpha value is -0.260. The maximum absolute atomic E-state index is 2.39. The number of hydrogen-bond acceptors (Lipinski definition) is 0. The van der Waals surface area contributed by atoms with Gasteiger partial charge in [-0.2, -0.15) is 0 Å². The van der Waals surface area contributed by atoms with Crippen LogP contribution in [0.4, 0.5) is 0 Å². The minimum Gasteiger partial charge on any atom is -0.0879 e. The second kappa shape index (κ2) is 2.17. The van der Waals surface area contributed by atoms with E-state index in [9.17, 15) is 0 Å². The topological polar surface area (TPSA) is 0 Å². The lowest BCUT2D eigenvalue weighted by molar-refractivity contribution is 0.435. The van der Waals surface area contributed by atoms with Crippen molar-refractivity contribution in [2.75, 3.05) is 0 Å². The SMILES string of the molecule is [CH]1C=CCC2CCCC12. The van der Waals surface area contributed by atoms with E-state index < -0.39 is 0 Å². The highest BCUT2D eigenvalue weighted by molar-refractivity contribution is 5.08. The van der Waals surface area contributed by atoms with Crippen LogP contribution in [0.5, 0.6) is 0 Å². The van der Waals surface area contributed by atoms with Gasteiger partial charge < -0.3 is 0 Å². The molecule has 1 fully saturated rings. The summed E-state index contributed by atoms with van der Waals surface area (Å²) >= 11 is 0. The van der Waals surface area contributed by atoms with E-state index in [1.54, 1.807) is 0 Å². The van der Waals surface area contributed by atoms with E-state index in [0.29, 0.717) is 0 Å².